The second-order valence-electron chi connectivity index (χ2n) is 7.83. The van der Waals surface area contributed by atoms with Crippen LogP contribution in [-0.4, -0.2) is 53.6 Å². The molecule has 0 aliphatic carbocycles. The largest absolute Gasteiger partial charge is 0.396 e. The number of likely N-dealkylation sites (tertiary alicyclic amines) is 1. The molecule has 2 aromatic carbocycles. The van der Waals surface area contributed by atoms with Crippen LogP contribution in [0.3, 0.4) is 0 Å². The summed E-state index contributed by atoms with van der Waals surface area (Å²) in [6.45, 7) is 5.16. The molecule has 1 heterocycles. The molecule has 1 fully saturated rings. The van der Waals surface area contributed by atoms with Crippen molar-refractivity contribution in [1.82, 2.24) is 9.80 Å². The summed E-state index contributed by atoms with van der Waals surface area (Å²) in [5, 5.41) is 9.43. The van der Waals surface area contributed by atoms with Crippen LogP contribution in [0.2, 0.25) is 0 Å². The van der Waals surface area contributed by atoms with Crippen LogP contribution >= 0.6 is 0 Å². The van der Waals surface area contributed by atoms with Gasteiger partial charge in [-0.1, -0.05) is 67.6 Å². The summed E-state index contributed by atoms with van der Waals surface area (Å²) in [6, 6.07) is 20.7. The van der Waals surface area contributed by atoms with Crippen molar-refractivity contribution >= 4 is 5.91 Å². The molecule has 1 aliphatic rings. The van der Waals surface area contributed by atoms with E-state index in [4.69, 9.17) is 0 Å². The number of piperidine rings is 1. The third-order valence-corrected chi connectivity index (χ3v) is 5.67. The Balaban J connectivity index is 1.84. The van der Waals surface area contributed by atoms with Crippen LogP contribution < -0.4 is 0 Å². The highest BCUT2D eigenvalue weighted by Crippen LogP contribution is 2.29. The van der Waals surface area contributed by atoms with Crippen LogP contribution in [0, 0.1) is 5.92 Å². The molecule has 3 rings (SSSR count). The zero-order valence-corrected chi connectivity index (χ0v) is 16.8. The molecule has 0 unspecified atom stereocenters. The molecule has 28 heavy (non-hydrogen) atoms. The number of carbonyl (C=O) groups is 1. The van der Waals surface area contributed by atoms with Crippen molar-refractivity contribution in [3.8, 4) is 0 Å². The fourth-order valence-electron chi connectivity index (χ4n) is 3.99. The van der Waals surface area contributed by atoms with E-state index in [2.05, 4.69) is 36.1 Å². The van der Waals surface area contributed by atoms with Crippen LogP contribution in [0.4, 0.5) is 0 Å². The maximum Gasteiger partial charge on any atom is 0.236 e. The average Bonchev–Trinajstić information content (AvgIpc) is 2.74. The summed E-state index contributed by atoms with van der Waals surface area (Å²) >= 11 is 0. The van der Waals surface area contributed by atoms with E-state index in [0.717, 1.165) is 25.9 Å². The maximum atomic E-state index is 13.1. The first-order valence-electron chi connectivity index (χ1n) is 10.4. The second-order valence-corrected chi connectivity index (χ2v) is 7.83. The first-order valence-corrected chi connectivity index (χ1v) is 10.4. The number of aliphatic hydroxyl groups excluding tert-OH is 1. The number of carbonyl (C=O) groups excluding carboxylic acids is 1. The Bertz CT molecular complexity index is 672. The van der Waals surface area contributed by atoms with Gasteiger partial charge < -0.3 is 10.0 Å². The van der Waals surface area contributed by atoms with E-state index < -0.39 is 0 Å². The number of benzene rings is 2. The Morgan fingerprint density at radius 3 is 2.07 bits per heavy atom. The number of hydrogen-bond acceptors (Lipinski definition) is 3. The summed E-state index contributed by atoms with van der Waals surface area (Å²) in [5.41, 5.74) is 2.35. The Morgan fingerprint density at radius 1 is 1.04 bits per heavy atom. The van der Waals surface area contributed by atoms with Crippen molar-refractivity contribution < 1.29 is 9.90 Å². The van der Waals surface area contributed by atoms with E-state index in [1.165, 1.54) is 11.1 Å². The molecule has 4 heteroatoms. The zero-order chi connectivity index (χ0) is 19.8. The van der Waals surface area contributed by atoms with E-state index in [1.54, 1.807) is 0 Å². The fraction of sp³-hybridized carbons (Fsp3) is 0.458. The molecule has 2 aromatic rings. The highest BCUT2D eigenvalue weighted by Gasteiger charge is 2.27. The predicted molar refractivity (Wildman–Crippen MR) is 113 cm³/mol. The van der Waals surface area contributed by atoms with Crippen molar-refractivity contribution in [3.63, 3.8) is 0 Å². The summed E-state index contributed by atoms with van der Waals surface area (Å²) in [7, 11) is 0. The number of amides is 1. The summed E-state index contributed by atoms with van der Waals surface area (Å²) < 4.78 is 0. The van der Waals surface area contributed by atoms with E-state index in [0.29, 0.717) is 25.4 Å². The zero-order valence-electron chi connectivity index (χ0n) is 16.8. The first kappa shape index (κ1) is 20.6. The van der Waals surface area contributed by atoms with Gasteiger partial charge >= 0.3 is 0 Å². The van der Waals surface area contributed by atoms with Crippen molar-refractivity contribution in [2.45, 2.75) is 32.2 Å². The molecule has 1 saturated heterocycles. The Morgan fingerprint density at radius 2 is 1.57 bits per heavy atom. The molecule has 0 saturated carbocycles. The van der Waals surface area contributed by atoms with Gasteiger partial charge in [0, 0.05) is 26.2 Å². The van der Waals surface area contributed by atoms with E-state index in [1.807, 2.05) is 41.3 Å². The van der Waals surface area contributed by atoms with Gasteiger partial charge in [-0.2, -0.15) is 0 Å². The molecular formula is C24H32N2O2. The molecule has 0 radical (unpaired) electrons. The Hall–Kier alpha value is -2.17. The van der Waals surface area contributed by atoms with Gasteiger partial charge in [-0.3, -0.25) is 9.69 Å². The highest BCUT2D eigenvalue weighted by molar-refractivity contribution is 5.78. The quantitative estimate of drug-likeness (QED) is 0.759. The standard InChI is InChI=1S/C24H32N2O2/c1-20-13-16-25(17-14-20)23(28)19-26(15-8-18-27)24(21-9-4-2-5-10-21)22-11-6-3-7-12-22/h2-7,9-12,20,24,27H,8,13-19H2,1H3. The lowest BCUT2D eigenvalue weighted by atomic mass is 9.96. The number of nitrogens with zero attached hydrogens (tertiary/aromatic N) is 2. The summed E-state index contributed by atoms with van der Waals surface area (Å²) in [5.74, 6) is 0.901. The van der Waals surface area contributed by atoms with Gasteiger partial charge in [0.2, 0.25) is 5.91 Å². The minimum atomic E-state index is 0.00149. The first-order chi connectivity index (χ1) is 13.7. The SMILES string of the molecule is CC1CCN(C(=O)CN(CCCO)C(c2ccccc2)c2ccccc2)CC1. The van der Waals surface area contributed by atoms with Crippen molar-refractivity contribution in [1.29, 1.82) is 0 Å². The minimum Gasteiger partial charge on any atom is -0.396 e. The van der Waals surface area contributed by atoms with Gasteiger partial charge in [-0.05, 0) is 36.3 Å². The van der Waals surface area contributed by atoms with Gasteiger partial charge in [0.05, 0.1) is 12.6 Å². The fourth-order valence-corrected chi connectivity index (χ4v) is 3.99. The summed E-state index contributed by atoms with van der Waals surface area (Å²) in [6.07, 6.45) is 2.83. The van der Waals surface area contributed by atoms with Gasteiger partial charge in [0.15, 0.2) is 0 Å². The van der Waals surface area contributed by atoms with E-state index >= 15 is 0 Å². The lowest BCUT2D eigenvalue weighted by Crippen LogP contribution is -2.45. The van der Waals surface area contributed by atoms with Crippen LogP contribution in [0.25, 0.3) is 0 Å². The third-order valence-electron chi connectivity index (χ3n) is 5.67. The normalized spacial score (nSPS) is 15.4. The minimum absolute atomic E-state index is 0.00149. The highest BCUT2D eigenvalue weighted by atomic mass is 16.3. The van der Waals surface area contributed by atoms with Crippen LogP contribution in [0.15, 0.2) is 60.7 Å². The number of hydrogen-bond donors (Lipinski definition) is 1. The topological polar surface area (TPSA) is 43.8 Å². The lowest BCUT2D eigenvalue weighted by Gasteiger charge is -2.36. The smallest absolute Gasteiger partial charge is 0.236 e. The third kappa shape index (κ3) is 5.43. The monoisotopic (exact) mass is 380 g/mol. The van der Waals surface area contributed by atoms with Crippen molar-refractivity contribution in [2.75, 3.05) is 32.8 Å². The molecular weight excluding hydrogens is 348 g/mol. The molecule has 4 nitrogen and oxygen atoms in total. The van der Waals surface area contributed by atoms with E-state index in [9.17, 15) is 9.90 Å². The molecule has 0 aromatic heterocycles. The number of rotatable bonds is 8. The number of aliphatic hydroxyl groups is 1. The molecule has 0 spiro atoms. The predicted octanol–water partition coefficient (Wildman–Crippen LogP) is 3.72. The van der Waals surface area contributed by atoms with Crippen LogP contribution in [0.1, 0.15) is 43.4 Å². The molecule has 1 amide bonds. The Kier molecular flexibility index (Phi) is 7.63. The Labute approximate surface area is 168 Å². The molecule has 1 N–H and O–H groups in total. The average molecular weight is 381 g/mol. The molecule has 150 valence electrons. The van der Waals surface area contributed by atoms with Crippen molar-refractivity contribution in [2.24, 2.45) is 5.92 Å². The van der Waals surface area contributed by atoms with Crippen LogP contribution in [0.5, 0.6) is 0 Å². The van der Waals surface area contributed by atoms with E-state index in [-0.39, 0.29) is 18.6 Å². The van der Waals surface area contributed by atoms with Gasteiger partial charge in [-0.15, -0.1) is 0 Å². The van der Waals surface area contributed by atoms with Gasteiger partial charge in [0.25, 0.3) is 0 Å². The second kappa shape index (κ2) is 10.4. The lowest BCUT2D eigenvalue weighted by molar-refractivity contribution is -0.134. The van der Waals surface area contributed by atoms with Gasteiger partial charge in [-0.25, -0.2) is 0 Å². The van der Waals surface area contributed by atoms with Gasteiger partial charge in [0.1, 0.15) is 0 Å². The molecule has 0 bridgehead atoms. The molecule has 1 aliphatic heterocycles. The maximum absolute atomic E-state index is 13.1. The van der Waals surface area contributed by atoms with Crippen LogP contribution in [-0.2, 0) is 4.79 Å². The summed E-state index contributed by atoms with van der Waals surface area (Å²) in [4.78, 5) is 17.3. The molecule has 0 atom stereocenters. The van der Waals surface area contributed by atoms with Crippen molar-refractivity contribution in [3.05, 3.63) is 71.8 Å².